The summed E-state index contributed by atoms with van der Waals surface area (Å²) in [7, 11) is 0. The lowest BCUT2D eigenvalue weighted by Gasteiger charge is -2.24. The SMILES string of the molecule is CCCCC1(c2ccccc2)OC(=O)NC1=O. The number of rotatable bonds is 4. The van der Waals surface area contributed by atoms with Crippen molar-refractivity contribution in [3.63, 3.8) is 0 Å². The van der Waals surface area contributed by atoms with E-state index in [1.807, 2.05) is 37.3 Å². The minimum Gasteiger partial charge on any atom is -0.427 e. The van der Waals surface area contributed by atoms with Crippen LogP contribution in [-0.4, -0.2) is 12.0 Å². The molecule has 1 aromatic rings. The highest BCUT2D eigenvalue weighted by Crippen LogP contribution is 2.35. The molecule has 2 rings (SSSR count). The second-order valence-electron chi connectivity index (χ2n) is 4.14. The first-order chi connectivity index (χ1) is 8.19. The summed E-state index contributed by atoms with van der Waals surface area (Å²) in [5.74, 6) is -0.359. The van der Waals surface area contributed by atoms with Crippen molar-refractivity contribution in [3.8, 4) is 0 Å². The van der Waals surface area contributed by atoms with Gasteiger partial charge in [0, 0.05) is 12.0 Å². The Balaban J connectivity index is 2.37. The number of hydrogen-bond donors (Lipinski definition) is 1. The maximum absolute atomic E-state index is 12.0. The van der Waals surface area contributed by atoms with E-state index in [1.165, 1.54) is 0 Å². The Morgan fingerprint density at radius 3 is 2.47 bits per heavy atom. The van der Waals surface area contributed by atoms with Crippen molar-refractivity contribution in [2.45, 2.75) is 31.8 Å². The van der Waals surface area contributed by atoms with E-state index in [9.17, 15) is 9.59 Å². The van der Waals surface area contributed by atoms with E-state index in [0.29, 0.717) is 6.42 Å². The van der Waals surface area contributed by atoms with Crippen LogP contribution >= 0.6 is 0 Å². The van der Waals surface area contributed by atoms with Crippen LogP contribution in [0.2, 0.25) is 0 Å². The number of benzene rings is 1. The molecule has 1 saturated heterocycles. The molecule has 0 spiro atoms. The average Bonchev–Trinajstić information content (AvgIpc) is 2.64. The van der Waals surface area contributed by atoms with Gasteiger partial charge in [-0.25, -0.2) is 4.79 Å². The van der Waals surface area contributed by atoms with Crippen LogP contribution < -0.4 is 5.32 Å². The summed E-state index contributed by atoms with van der Waals surface area (Å²) in [5, 5.41) is 2.21. The first-order valence-corrected chi connectivity index (χ1v) is 5.79. The highest BCUT2D eigenvalue weighted by atomic mass is 16.6. The molecule has 1 heterocycles. The van der Waals surface area contributed by atoms with Crippen LogP contribution in [0.15, 0.2) is 30.3 Å². The maximum Gasteiger partial charge on any atom is 0.415 e. The lowest BCUT2D eigenvalue weighted by molar-refractivity contribution is -0.132. The molecular weight excluding hydrogens is 218 g/mol. The molecule has 0 bridgehead atoms. The van der Waals surface area contributed by atoms with Gasteiger partial charge in [-0.15, -0.1) is 0 Å². The van der Waals surface area contributed by atoms with Crippen LogP contribution in [0.4, 0.5) is 4.79 Å². The number of hydrogen-bond acceptors (Lipinski definition) is 3. The third kappa shape index (κ3) is 2.02. The van der Waals surface area contributed by atoms with Crippen LogP contribution in [0.1, 0.15) is 31.7 Å². The predicted molar refractivity (Wildman–Crippen MR) is 62.3 cm³/mol. The van der Waals surface area contributed by atoms with Gasteiger partial charge in [-0.1, -0.05) is 43.7 Å². The molecule has 1 atom stereocenters. The second-order valence-corrected chi connectivity index (χ2v) is 4.14. The smallest absolute Gasteiger partial charge is 0.415 e. The van der Waals surface area contributed by atoms with Gasteiger partial charge in [0.25, 0.3) is 5.91 Å². The second kappa shape index (κ2) is 4.57. The number of carbonyl (C=O) groups is 2. The molecule has 1 unspecified atom stereocenters. The van der Waals surface area contributed by atoms with Gasteiger partial charge < -0.3 is 4.74 Å². The zero-order chi connectivity index (χ0) is 12.3. The number of imide groups is 1. The zero-order valence-corrected chi connectivity index (χ0v) is 9.73. The van der Waals surface area contributed by atoms with E-state index in [1.54, 1.807) is 0 Å². The van der Waals surface area contributed by atoms with Gasteiger partial charge in [-0.3, -0.25) is 10.1 Å². The Hall–Kier alpha value is -1.84. The standard InChI is InChI=1S/C13H15NO3/c1-2-3-9-13(10-7-5-4-6-8-10)11(15)14-12(16)17-13/h4-8H,2-3,9H2,1H3,(H,14,15,16). The quantitative estimate of drug-likeness (QED) is 0.868. The zero-order valence-electron chi connectivity index (χ0n) is 9.73. The molecular formula is C13H15NO3. The Kier molecular flexibility index (Phi) is 3.13. The van der Waals surface area contributed by atoms with Crippen molar-refractivity contribution in [2.24, 2.45) is 0 Å². The number of cyclic esters (lactones) is 1. The van der Waals surface area contributed by atoms with Crippen molar-refractivity contribution >= 4 is 12.0 Å². The molecule has 1 aliphatic heterocycles. The molecule has 1 N–H and O–H groups in total. The van der Waals surface area contributed by atoms with Gasteiger partial charge >= 0.3 is 6.09 Å². The normalized spacial score (nSPS) is 23.4. The van der Waals surface area contributed by atoms with Gasteiger partial charge in [-0.2, -0.15) is 0 Å². The summed E-state index contributed by atoms with van der Waals surface area (Å²) in [6, 6.07) is 9.16. The van der Waals surface area contributed by atoms with Gasteiger partial charge in [0.15, 0.2) is 0 Å². The monoisotopic (exact) mass is 233 g/mol. The van der Waals surface area contributed by atoms with Crippen LogP contribution in [-0.2, 0) is 15.1 Å². The lowest BCUT2D eigenvalue weighted by Crippen LogP contribution is -2.36. The molecule has 0 saturated carbocycles. The first-order valence-electron chi connectivity index (χ1n) is 5.79. The molecule has 0 aliphatic carbocycles. The van der Waals surface area contributed by atoms with Gasteiger partial charge in [0.05, 0.1) is 0 Å². The molecule has 0 aromatic heterocycles. The van der Waals surface area contributed by atoms with Gasteiger partial charge in [0.2, 0.25) is 5.60 Å². The Bertz CT molecular complexity index is 430. The Morgan fingerprint density at radius 1 is 1.24 bits per heavy atom. The fraction of sp³-hybridized carbons (Fsp3) is 0.385. The fourth-order valence-corrected chi connectivity index (χ4v) is 2.06. The van der Waals surface area contributed by atoms with Gasteiger partial charge in [0.1, 0.15) is 0 Å². The van der Waals surface area contributed by atoms with Crippen molar-refractivity contribution in [2.75, 3.05) is 0 Å². The van der Waals surface area contributed by atoms with E-state index >= 15 is 0 Å². The molecule has 2 amide bonds. The Morgan fingerprint density at radius 2 is 1.94 bits per heavy atom. The number of alkyl carbamates (subject to hydrolysis) is 1. The van der Waals surface area contributed by atoms with Crippen molar-refractivity contribution in [3.05, 3.63) is 35.9 Å². The van der Waals surface area contributed by atoms with E-state index < -0.39 is 11.7 Å². The number of ether oxygens (including phenoxy) is 1. The molecule has 1 aromatic carbocycles. The molecule has 17 heavy (non-hydrogen) atoms. The summed E-state index contributed by atoms with van der Waals surface area (Å²) < 4.78 is 5.25. The third-order valence-electron chi connectivity index (χ3n) is 2.97. The third-order valence-corrected chi connectivity index (χ3v) is 2.97. The average molecular weight is 233 g/mol. The van der Waals surface area contributed by atoms with Crippen molar-refractivity contribution in [1.82, 2.24) is 5.32 Å². The summed E-state index contributed by atoms with van der Waals surface area (Å²) in [6.45, 7) is 2.04. The molecule has 1 aliphatic rings. The van der Waals surface area contributed by atoms with E-state index in [4.69, 9.17) is 4.74 Å². The number of amides is 2. The van der Waals surface area contributed by atoms with Crippen molar-refractivity contribution < 1.29 is 14.3 Å². The predicted octanol–water partition coefficient (Wildman–Crippen LogP) is 2.34. The first kappa shape index (κ1) is 11.6. The summed E-state index contributed by atoms with van der Waals surface area (Å²) >= 11 is 0. The van der Waals surface area contributed by atoms with E-state index in [2.05, 4.69) is 5.32 Å². The lowest BCUT2D eigenvalue weighted by atomic mass is 9.88. The van der Waals surface area contributed by atoms with Crippen LogP contribution in [0, 0.1) is 0 Å². The number of nitrogens with one attached hydrogen (secondary N) is 1. The summed E-state index contributed by atoms with van der Waals surface area (Å²) in [6.07, 6.45) is 1.63. The largest absolute Gasteiger partial charge is 0.427 e. The highest BCUT2D eigenvalue weighted by Gasteiger charge is 2.49. The topological polar surface area (TPSA) is 55.4 Å². The van der Waals surface area contributed by atoms with E-state index in [-0.39, 0.29) is 5.91 Å². The van der Waals surface area contributed by atoms with Crippen LogP contribution in [0.5, 0.6) is 0 Å². The van der Waals surface area contributed by atoms with Crippen LogP contribution in [0.25, 0.3) is 0 Å². The summed E-state index contributed by atoms with van der Waals surface area (Å²) in [4.78, 5) is 23.2. The summed E-state index contributed by atoms with van der Waals surface area (Å²) in [5.41, 5.74) is -0.397. The Labute approximate surface area is 100.0 Å². The molecule has 4 nitrogen and oxygen atoms in total. The molecule has 1 fully saturated rings. The minimum absolute atomic E-state index is 0.359. The minimum atomic E-state index is -1.13. The molecule has 0 radical (unpaired) electrons. The van der Waals surface area contributed by atoms with Crippen LogP contribution in [0.3, 0.4) is 0 Å². The van der Waals surface area contributed by atoms with Crippen molar-refractivity contribution in [1.29, 1.82) is 0 Å². The van der Waals surface area contributed by atoms with E-state index in [0.717, 1.165) is 18.4 Å². The number of carbonyl (C=O) groups excluding carboxylic acids is 2. The van der Waals surface area contributed by atoms with Gasteiger partial charge in [-0.05, 0) is 6.42 Å². The highest BCUT2D eigenvalue weighted by molar-refractivity contribution is 6.03. The maximum atomic E-state index is 12.0. The fourth-order valence-electron chi connectivity index (χ4n) is 2.06. The molecule has 90 valence electrons. The number of unbranched alkanes of at least 4 members (excludes halogenated alkanes) is 1. The molecule has 4 heteroatoms.